The summed E-state index contributed by atoms with van der Waals surface area (Å²) < 4.78 is 0. The summed E-state index contributed by atoms with van der Waals surface area (Å²) in [7, 11) is 0. The SMILES string of the molecule is CCCCCCCC(=O)NCC.[HH]. The van der Waals surface area contributed by atoms with Gasteiger partial charge in [-0.15, -0.1) is 0 Å². The first-order valence-corrected chi connectivity index (χ1v) is 5.08. The molecule has 2 heteroatoms. The largest absolute Gasteiger partial charge is 0.356 e. The molecule has 0 saturated heterocycles. The molecule has 0 bridgehead atoms. The molecule has 12 heavy (non-hydrogen) atoms. The van der Waals surface area contributed by atoms with Gasteiger partial charge in [-0.3, -0.25) is 4.79 Å². The minimum Gasteiger partial charge on any atom is -0.356 e. The molecule has 0 aliphatic rings. The van der Waals surface area contributed by atoms with Crippen LogP contribution in [0, 0.1) is 0 Å². The number of rotatable bonds is 7. The van der Waals surface area contributed by atoms with E-state index in [1.807, 2.05) is 6.92 Å². The maximum atomic E-state index is 11.0. The van der Waals surface area contributed by atoms with Crippen molar-refractivity contribution in [3.8, 4) is 0 Å². The maximum Gasteiger partial charge on any atom is 0.219 e. The van der Waals surface area contributed by atoms with Gasteiger partial charge in [0.15, 0.2) is 0 Å². The highest BCUT2D eigenvalue weighted by molar-refractivity contribution is 5.75. The van der Waals surface area contributed by atoms with Gasteiger partial charge in [0.25, 0.3) is 0 Å². The van der Waals surface area contributed by atoms with Gasteiger partial charge in [0.2, 0.25) is 5.91 Å². The molecule has 0 spiro atoms. The molecule has 2 nitrogen and oxygen atoms in total. The molecular weight excluding hydrogens is 150 g/mol. The van der Waals surface area contributed by atoms with Gasteiger partial charge in [-0.1, -0.05) is 32.6 Å². The van der Waals surface area contributed by atoms with Crippen molar-refractivity contribution in [2.75, 3.05) is 6.54 Å². The highest BCUT2D eigenvalue weighted by Crippen LogP contribution is 2.04. The van der Waals surface area contributed by atoms with Crippen LogP contribution in [0.3, 0.4) is 0 Å². The Kier molecular flexibility index (Phi) is 8.19. The minimum absolute atomic E-state index is 0. The van der Waals surface area contributed by atoms with Crippen molar-refractivity contribution >= 4 is 5.91 Å². The molecule has 0 atom stereocenters. The summed E-state index contributed by atoms with van der Waals surface area (Å²) in [5.41, 5.74) is 0. The molecule has 0 saturated carbocycles. The maximum absolute atomic E-state index is 11.0. The summed E-state index contributed by atoms with van der Waals surface area (Å²) in [6, 6.07) is 0. The molecular formula is C10H23NO. The molecule has 0 radical (unpaired) electrons. The van der Waals surface area contributed by atoms with E-state index in [9.17, 15) is 4.79 Å². The summed E-state index contributed by atoms with van der Waals surface area (Å²) in [5, 5.41) is 2.80. The van der Waals surface area contributed by atoms with Crippen molar-refractivity contribution < 1.29 is 6.22 Å². The normalized spacial score (nSPS) is 9.83. The first-order chi connectivity index (χ1) is 5.81. The molecule has 1 N–H and O–H groups in total. The zero-order valence-electron chi connectivity index (χ0n) is 8.36. The summed E-state index contributed by atoms with van der Waals surface area (Å²) in [6.07, 6.45) is 6.79. The average molecular weight is 173 g/mol. The highest BCUT2D eigenvalue weighted by atomic mass is 16.1. The van der Waals surface area contributed by atoms with Gasteiger partial charge in [0.05, 0.1) is 0 Å². The van der Waals surface area contributed by atoms with Gasteiger partial charge >= 0.3 is 0 Å². The van der Waals surface area contributed by atoms with Crippen LogP contribution in [0.2, 0.25) is 0 Å². The summed E-state index contributed by atoms with van der Waals surface area (Å²) in [6.45, 7) is 4.91. The van der Waals surface area contributed by atoms with E-state index in [1.165, 1.54) is 25.7 Å². The molecule has 0 unspecified atom stereocenters. The Morgan fingerprint density at radius 3 is 2.42 bits per heavy atom. The highest BCUT2D eigenvalue weighted by Gasteiger charge is 1.97. The van der Waals surface area contributed by atoms with Crippen molar-refractivity contribution in [2.45, 2.75) is 52.4 Å². The Balaban J connectivity index is 0. The first-order valence-electron chi connectivity index (χ1n) is 5.08. The Morgan fingerprint density at radius 2 is 1.83 bits per heavy atom. The van der Waals surface area contributed by atoms with E-state index in [0.717, 1.165) is 13.0 Å². The molecule has 74 valence electrons. The molecule has 0 heterocycles. The van der Waals surface area contributed by atoms with Crippen molar-refractivity contribution in [1.82, 2.24) is 5.32 Å². The van der Waals surface area contributed by atoms with E-state index < -0.39 is 0 Å². The average Bonchev–Trinajstić information content (AvgIpc) is 2.05. The van der Waals surface area contributed by atoms with Gasteiger partial charge in [0.1, 0.15) is 0 Å². The molecule has 0 fully saturated rings. The Hall–Kier alpha value is -0.530. The molecule has 0 rings (SSSR count). The Morgan fingerprint density at radius 1 is 1.17 bits per heavy atom. The molecule has 0 aromatic carbocycles. The van der Waals surface area contributed by atoms with Gasteiger partial charge in [0, 0.05) is 14.4 Å². The summed E-state index contributed by atoms with van der Waals surface area (Å²) in [5.74, 6) is 0.203. The number of unbranched alkanes of at least 4 members (excludes halogenated alkanes) is 4. The molecule has 1 amide bonds. The van der Waals surface area contributed by atoms with Crippen LogP contribution in [0.5, 0.6) is 0 Å². The first kappa shape index (κ1) is 11.5. The monoisotopic (exact) mass is 173 g/mol. The van der Waals surface area contributed by atoms with E-state index in [4.69, 9.17) is 0 Å². The molecule has 0 aromatic rings. The third kappa shape index (κ3) is 7.58. The fourth-order valence-electron chi connectivity index (χ4n) is 1.17. The zero-order chi connectivity index (χ0) is 9.23. The lowest BCUT2D eigenvalue weighted by atomic mass is 10.1. The second-order valence-corrected chi connectivity index (χ2v) is 3.12. The van der Waals surface area contributed by atoms with Crippen molar-refractivity contribution in [3.05, 3.63) is 0 Å². The van der Waals surface area contributed by atoms with E-state index >= 15 is 0 Å². The lowest BCUT2D eigenvalue weighted by Gasteiger charge is -2.01. The topological polar surface area (TPSA) is 29.1 Å². The van der Waals surface area contributed by atoms with E-state index in [2.05, 4.69) is 12.2 Å². The summed E-state index contributed by atoms with van der Waals surface area (Å²) in [4.78, 5) is 11.0. The van der Waals surface area contributed by atoms with Crippen LogP contribution in [0.25, 0.3) is 0 Å². The van der Waals surface area contributed by atoms with Crippen LogP contribution in [0.1, 0.15) is 53.8 Å². The van der Waals surface area contributed by atoms with Crippen LogP contribution >= 0.6 is 0 Å². The van der Waals surface area contributed by atoms with Crippen LogP contribution in [0.15, 0.2) is 0 Å². The predicted octanol–water partition coefficient (Wildman–Crippen LogP) is 2.73. The smallest absolute Gasteiger partial charge is 0.219 e. The third-order valence-corrected chi connectivity index (χ3v) is 1.88. The Labute approximate surface area is 77.2 Å². The second kappa shape index (κ2) is 8.57. The molecule has 0 aliphatic carbocycles. The van der Waals surface area contributed by atoms with E-state index in [-0.39, 0.29) is 7.33 Å². The number of amides is 1. The van der Waals surface area contributed by atoms with Gasteiger partial charge in [-0.25, -0.2) is 0 Å². The van der Waals surface area contributed by atoms with Gasteiger partial charge < -0.3 is 5.32 Å². The van der Waals surface area contributed by atoms with Crippen molar-refractivity contribution in [1.29, 1.82) is 0 Å². The molecule has 0 aromatic heterocycles. The third-order valence-electron chi connectivity index (χ3n) is 1.88. The summed E-state index contributed by atoms with van der Waals surface area (Å²) >= 11 is 0. The standard InChI is InChI=1S/C10H21NO.H2/c1-3-5-6-7-8-9-10(12)11-4-2;/h3-9H2,1-2H3,(H,11,12);1H. The van der Waals surface area contributed by atoms with Crippen molar-refractivity contribution in [3.63, 3.8) is 0 Å². The fourth-order valence-corrected chi connectivity index (χ4v) is 1.17. The Bertz CT molecular complexity index is 117. The van der Waals surface area contributed by atoms with Crippen molar-refractivity contribution in [2.24, 2.45) is 0 Å². The quantitative estimate of drug-likeness (QED) is 0.589. The lowest BCUT2D eigenvalue weighted by molar-refractivity contribution is -0.121. The van der Waals surface area contributed by atoms with E-state index in [1.54, 1.807) is 0 Å². The van der Waals surface area contributed by atoms with Crippen LogP contribution in [0.4, 0.5) is 0 Å². The van der Waals surface area contributed by atoms with E-state index in [0.29, 0.717) is 6.42 Å². The fraction of sp³-hybridized carbons (Fsp3) is 0.900. The zero-order valence-corrected chi connectivity index (χ0v) is 8.36. The second-order valence-electron chi connectivity index (χ2n) is 3.12. The molecule has 0 aliphatic heterocycles. The lowest BCUT2D eigenvalue weighted by Crippen LogP contribution is -2.21. The predicted molar refractivity (Wildman–Crippen MR) is 54.2 cm³/mol. The van der Waals surface area contributed by atoms with Crippen LogP contribution in [-0.2, 0) is 4.79 Å². The number of carbonyl (C=O) groups is 1. The number of hydrogen-bond donors (Lipinski definition) is 1. The number of nitrogens with one attached hydrogen (secondary N) is 1. The van der Waals surface area contributed by atoms with Gasteiger partial charge in [-0.2, -0.15) is 0 Å². The number of hydrogen-bond acceptors (Lipinski definition) is 1. The van der Waals surface area contributed by atoms with Gasteiger partial charge in [-0.05, 0) is 13.3 Å². The van der Waals surface area contributed by atoms with Crippen LogP contribution < -0.4 is 5.32 Å². The van der Waals surface area contributed by atoms with Crippen LogP contribution in [-0.4, -0.2) is 12.5 Å². The minimum atomic E-state index is 0. The number of carbonyl (C=O) groups excluding carboxylic acids is 1.